The molecule has 1 atom stereocenters. The summed E-state index contributed by atoms with van der Waals surface area (Å²) in [5, 5.41) is 0. The van der Waals surface area contributed by atoms with Crippen LogP contribution < -0.4 is 4.74 Å². The van der Waals surface area contributed by atoms with E-state index in [2.05, 4.69) is 95.6 Å². The minimum atomic E-state index is 0.178. The van der Waals surface area contributed by atoms with Gasteiger partial charge in [-0.1, -0.05) is 47.8 Å². The van der Waals surface area contributed by atoms with Gasteiger partial charge in [-0.15, -0.1) is 0 Å². The Hall–Kier alpha value is 1.90. The summed E-state index contributed by atoms with van der Waals surface area (Å²) in [5.41, 5.74) is 0. The predicted octanol–water partition coefficient (Wildman–Crippen LogP) is 6.23. The summed E-state index contributed by atoms with van der Waals surface area (Å²) in [5.74, 6) is 0.806. The lowest BCUT2D eigenvalue weighted by Crippen LogP contribution is -2.17. The van der Waals surface area contributed by atoms with Crippen molar-refractivity contribution in [3.63, 3.8) is 0 Å². The van der Waals surface area contributed by atoms with E-state index in [1.54, 1.807) is 0 Å². The van der Waals surface area contributed by atoms with Crippen molar-refractivity contribution in [3.05, 3.63) is 25.6 Å². The maximum Gasteiger partial charge on any atom is 0.134 e. The van der Waals surface area contributed by atoms with E-state index in [4.69, 9.17) is 4.74 Å². The van der Waals surface area contributed by atoms with E-state index < -0.39 is 0 Å². The molecule has 0 fully saturated rings. The third-order valence-corrected chi connectivity index (χ3v) is 8.50. The first-order valence-electron chi connectivity index (χ1n) is 4.12. The third kappa shape index (κ3) is 4.53. The third-order valence-electron chi connectivity index (χ3n) is 1.67. The highest BCUT2D eigenvalue weighted by Gasteiger charge is 2.15. The summed E-state index contributed by atoms with van der Waals surface area (Å²) < 4.78 is 8.71. The molecule has 0 aliphatic rings. The molecule has 1 aromatic rings. The molecule has 0 aromatic heterocycles. The molecule has 90 valence electrons. The highest BCUT2D eigenvalue weighted by molar-refractivity contribution is 9.25. The van der Waals surface area contributed by atoms with Crippen LogP contribution in [-0.2, 0) is 0 Å². The minimum Gasteiger partial charge on any atom is -0.491 e. The van der Waals surface area contributed by atoms with Gasteiger partial charge in [-0.3, -0.25) is 0 Å². The van der Waals surface area contributed by atoms with Gasteiger partial charge in [-0.25, -0.2) is 0 Å². The van der Waals surface area contributed by atoms with E-state index >= 15 is 0 Å². The molecule has 1 aromatic carbocycles. The zero-order chi connectivity index (χ0) is 12.3. The zero-order valence-electron chi connectivity index (χ0n) is 7.69. The number of hydrogen-bond acceptors (Lipinski definition) is 1. The Morgan fingerprint density at radius 3 is 2.19 bits per heavy atom. The van der Waals surface area contributed by atoms with Crippen LogP contribution in [0.2, 0.25) is 0 Å². The lowest BCUT2D eigenvalue weighted by atomic mass is 10.3. The van der Waals surface area contributed by atoms with Crippen LogP contribution in [0.25, 0.3) is 0 Å². The first-order valence-corrected chi connectivity index (χ1v) is 9.24. The van der Waals surface area contributed by atoms with Crippen molar-refractivity contribution in [3.8, 4) is 5.75 Å². The molecule has 0 bridgehead atoms. The number of rotatable bonds is 4. The smallest absolute Gasteiger partial charge is 0.134 e. The van der Waals surface area contributed by atoms with Crippen LogP contribution in [0.4, 0.5) is 0 Å². The lowest BCUT2D eigenvalue weighted by molar-refractivity contribution is 0.321. The van der Waals surface area contributed by atoms with Crippen LogP contribution in [0.15, 0.2) is 25.6 Å². The highest BCUT2D eigenvalue weighted by Crippen LogP contribution is 2.38. The first kappa shape index (κ1) is 16.0. The van der Waals surface area contributed by atoms with E-state index in [0.717, 1.165) is 19.2 Å². The number of alkyl halides is 3. The Balaban J connectivity index is 2.72. The molecule has 0 aliphatic carbocycles. The molecule has 16 heavy (non-hydrogen) atoms. The van der Waals surface area contributed by atoms with Crippen LogP contribution in [0.1, 0.15) is 0 Å². The number of hydrogen-bond donors (Lipinski definition) is 0. The maximum atomic E-state index is 5.69. The van der Waals surface area contributed by atoms with Crippen molar-refractivity contribution in [2.45, 2.75) is 8.56 Å². The zero-order valence-corrected chi connectivity index (χ0v) is 17.2. The second kappa shape index (κ2) is 7.48. The van der Waals surface area contributed by atoms with E-state index in [1.807, 2.05) is 12.1 Å². The van der Waals surface area contributed by atoms with Gasteiger partial charge in [-0.2, -0.15) is 0 Å². The Bertz CT molecular complexity index is 367. The molecule has 0 aliphatic heterocycles. The van der Waals surface area contributed by atoms with E-state index in [0.29, 0.717) is 6.61 Å². The van der Waals surface area contributed by atoms with Crippen molar-refractivity contribution in [2.24, 2.45) is 0 Å². The molecule has 0 N–H and O–H groups in total. The maximum absolute atomic E-state index is 5.69. The molecule has 1 rings (SSSR count). The van der Waals surface area contributed by atoms with Gasteiger partial charge in [0.1, 0.15) is 12.4 Å². The van der Waals surface area contributed by atoms with Crippen molar-refractivity contribution < 1.29 is 4.74 Å². The van der Waals surface area contributed by atoms with Crippen molar-refractivity contribution in [2.75, 3.05) is 6.61 Å². The first-order chi connectivity index (χ1) is 7.43. The second-order valence-electron chi connectivity index (χ2n) is 2.83. The van der Waals surface area contributed by atoms with Gasteiger partial charge in [0.15, 0.2) is 0 Å². The normalized spacial score (nSPS) is 12.9. The molecule has 0 radical (unpaired) electrons. The minimum absolute atomic E-state index is 0.178. The summed E-state index contributed by atoms with van der Waals surface area (Å²) >= 11 is 20.7. The largest absolute Gasteiger partial charge is 0.491 e. The average Bonchev–Trinajstić information content (AvgIpc) is 2.24. The van der Waals surface area contributed by atoms with Crippen LogP contribution in [0, 0.1) is 0 Å². The molecule has 1 nitrogen and oxygen atoms in total. The van der Waals surface area contributed by atoms with E-state index in [-0.39, 0.29) is 8.56 Å². The molecular formula is C9H6Br6O. The molecule has 0 amide bonds. The van der Waals surface area contributed by atoms with Crippen LogP contribution >= 0.6 is 95.6 Å². The standard InChI is InChI=1S/C9H6Br6O/c10-4-1-2-6(8(13)7(4)12)16-3-5(11)9(14)15/h1-2,5,9H,3H2. The highest BCUT2D eigenvalue weighted by atomic mass is 79.9. The summed E-state index contributed by atoms with van der Waals surface area (Å²) in [6.07, 6.45) is 0. The van der Waals surface area contributed by atoms with Gasteiger partial charge in [0.2, 0.25) is 0 Å². The van der Waals surface area contributed by atoms with Gasteiger partial charge in [0, 0.05) is 8.95 Å². The topological polar surface area (TPSA) is 9.23 Å². The molecule has 7 heteroatoms. The summed E-state index contributed by atoms with van der Waals surface area (Å²) in [6, 6.07) is 3.85. The fourth-order valence-corrected chi connectivity index (χ4v) is 2.68. The van der Waals surface area contributed by atoms with Gasteiger partial charge in [0.05, 0.1) is 13.0 Å². The number of halogens is 6. The van der Waals surface area contributed by atoms with Crippen LogP contribution in [0.5, 0.6) is 5.75 Å². The second-order valence-corrected chi connectivity index (χ2v) is 9.65. The quantitative estimate of drug-likeness (QED) is 0.291. The number of ether oxygens (including phenoxy) is 1. The molecule has 1 unspecified atom stereocenters. The van der Waals surface area contributed by atoms with Gasteiger partial charge < -0.3 is 4.74 Å². The molecule has 0 saturated heterocycles. The van der Waals surface area contributed by atoms with Crippen molar-refractivity contribution in [1.82, 2.24) is 0 Å². The molecule has 0 saturated carbocycles. The van der Waals surface area contributed by atoms with E-state index in [1.165, 1.54) is 0 Å². The van der Waals surface area contributed by atoms with Crippen molar-refractivity contribution in [1.29, 1.82) is 0 Å². The Labute approximate surface area is 145 Å². The van der Waals surface area contributed by atoms with Gasteiger partial charge in [0.25, 0.3) is 0 Å². The van der Waals surface area contributed by atoms with Gasteiger partial charge in [-0.05, 0) is 59.9 Å². The van der Waals surface area contributed by atoms with E-state index in [9.17, 15) is 0 Å². The molecule has 0 heterocycles. The fraction of sp³-hybridized carbons (Fsp3) is 0.333. The summed E-state index contributed by atoms with van der Waals surface area (Å²) in [4.78, 5) is 0.196. The predicted molar refractivity (Wildman–Crippen MR) is 89.4 cm³/mol. The van der Waals surface area contributed by atoms with Crippen molar-refractivity contribution >= 4 is 95.6 Å². The Kier molecular flexibility index (Phi) is 7.46. The lowest BCUT2D eigenvalue weighted by Gasteiger charge is -2.14. The molecular weight excluding hydrogens is 604 g/mol. The summed E-state index contributed by atoms with van der Waals surface area (Å²) in [6.45, 7) is 0.563. The summed E-state index contributed by atoms with van der Waals surface area (Å²) in [7, 11) is 0. The van der Waals surface area contributed by atoms with Gasteiger partial charge >= 0.3 is 0 Å². The Morgan fingerprint density at radius 2 is 1.62 bits per heavy atom. The van der Waals surface area contributed by atoms with Crippen LogP contribution in [0.3, 0.4) is 0 Å². The van der Waals surface area contributed by atoms with Crippen LogP contribution in [-0.4, -0.2) is 15.2 Å². The number of benzene rings is 1. The monoisotopic (exact) mass is 604 g/mol. The Morgan fingerprint density at radius 1 is 1.00 bits per heavy atom. The fourth-order valence-electron chi connectivity index (χ4n) is 0.862. The SMILES string of the molecule is Brc1ccc(OCC(Br)C(Br)Br)c(Br)c1Br. The molecule has 0 spiro atoms. The average molecular weight is 610 g/mol.